The maximum atomic E-state index is 14.6. The van der Waals surface area contributed by atoms with E-state index in [1.807, 2.05) is 78.6 Å². The zero-order valence-electron chi connectivity index (χ0n) is 74.2. The summed E-state index contributed by atoms with van der Waals surface area (Å²) in [6, 6.07) is 10.9. The van der Waals surface area contributed by atoms with Crippen molar-refractivity contribution in [2.45, 2.75) is 219 Å². The highest BCUT2D eigenvalue weighted by Crippen LogP contribution is 2.37. The number of ketones is 2. The van der Waals surface area contributed by atoms with E-state index >= 15 is 0 Å². The summed E-state index contributed by atoms with van der Waals surface area (Å²) in [6.07, 6.45) is 24.9. The Labute approximate surface area is 747 Å². The van der Waals surface area contributed by atoms with Crippen molar-refractivity contribution in [3.8, 4) is 11.3 Å². The molecule has 4 saturated heterocycles. The molecule has 1 aliphatic carbocycles. The predicted octanol–water partition coefficient (Wildman–Crippen LogP) is 10.1. The molecule has 7 aliphatic rings. The van der Waals surface area contributed by atoms with E-state index in [-0.39, 0.29) is 90.2 Å². The number of aliphatic hydroxyl groups is 2. The van der Waals surface area contributed by atoms with Gasteiger partial charge in [-0.2, -0.15) is 10.1 Å². The quantitative estimate of drug-likeness (QED) is 0.0165. The van der Waals surface area contributed by atoms with Crippen LogP contribution in [-0.4, -0.2) is 256 Å². The first-order valence-corrected chi connectivity index (χ1v) is 45.8. The Morgan fingerprint density at radius 2 is 1.48 bits per heavy atom. The summed E-state index contributed by atoms with van der Waals surface area (Å²) in [5, 5.41) is 32.3. The molecule has 5 fully saturated rings. The van der Waals surface area contributed by atoms with Crippen LogP contribution in [0.15, 0.2) is 120 Å². The number of oxazole rings is 1. The number of anilines is 4. The molecular formula is C94H124N18O14S. The van der Waals surface area contributed by atoms with Crippen LogP contribution in [0.3, 0.4) is 0 Å². The Hall–Kier alpha value is -10.6. The van der Waals surface area contributed by atoms with Crippen molar-refractivity contribution < 1.29 is 67.1 Å². The van der Waals surface area contributed by atoms with E-state index in [4.69, 9.17) is 56.9 Å². The van der Waals surface area contributed by atoms with E-state index in [0.29, 0.717) is 193 Å². The van der Waals surface area contributed by atoms with Crippen LogP contribution in [0, 0.1) is 29.6 Å². The number of Topliss-reactive ketones (excluding diaryl/α,β-unsaturated/α-hetero) is 2. The van der Waals surface area contributed by atoms with Crippen molar-refractivity contribution in [2.24, 2.45) is 29.6 Å². The number of benzene rings is 2. The van der Waals surface area contributed by atoms with Crippen LogP contribution in [0.2, 0.25) is 0 Å². The molecule has 127 heavy (non-hydrogen) atoms. The van der Waals surface area contributed by atoms with Crippen LogP contribution in [-0.2, 0) is 73.7 Å². The van der Waals surface area contributed by atoms with Gasteiger partial charge >= 0.3 is 5.97 Å². The Morgan fingerprint density at radius 1 is 0.732 bits per heavy atom. The van der Waals surface area contributed by atoms with Gasteiger partial charge in [0.25, 0.3) is 23.0 Å². The Kier molecular flexibility index (Phi) is 31.7. The summed E-state index contributed by atoms with van der Waals surface area (Å²) in [5.41, 5.74) is 21.5. The van der Waals surface area contributed by atoms with Gasteiger partial charge in [-0.05, 0) is 173 Å². The number of allylic oxidation sites excluding steroid dienone is 5. The first kappa shape index (κ1) is 92.6. The number of hydrogen-bond acceptors (Lipinski definition) is 28. The number of aliphatic hydroxyl groups excluding tert-OH is 2. The lowest BCUT2D eigenvalue weighted by Gasteiger charge is -2.38. The number of thiocarbonyl (C=S) groups is 1. The number of cyclic esters (lactones) is 1. The summed E-state index contributed by atoms with van der Waals surface area (Å²) in [7, 11) is 1.65. The van der Waals surface area contributed by atoms with Crippen molar-refractivity contribution in [1.29, 1.82) is 0 Å². The van der Waals surface area contributed by atoms with Crippen molar-refractivity contribution in [2.75, 3.05) is 114 Å². The van der Waals surface area contributed by atoms with Gasteiger partial charge in [-0.15, -0.1) is 0 Å². The lowest BCUT2D eigenvalue weighted by molar-refractivity contribution is -0.169. The molecule has 11 atom stereocenters. The van der Waals surface area contributed by atoms with Crippen molar-refractivity contribution in [3.63, 3.8) is 0 Å². The van der Waals surface area contributed by atoms with Gasteiger partial charge in [0, 0.05) is 159 Å². The van der Waals surface area contributed by atoms with E-state index in [2.05, 4.69) is 86.1 Å². The first-order chi connectivity index (χ1) is 61.3. The number of carbonyl (C=O) groups excluding carboxylic acids is 6. The molecule has 7 aromatic rings. The highest BCUT2D eigenvalue weighted by molar-refractivity contribution is 7.80. The number of fused-ring (bicyclic) bond motifs is 6. The number of hydrogen-bond donors (Lipinski definition) is 5. The molecule has 0 spiro atoms. The molecule has 3 amide bonds. The molecule has 5 aromatic heterocycles. The van der Waals surface area contributed by atoms with Gasteiger partial charge in [-0.1, -0.05) is 82.4 Å². The highest BCUT2D eigenvalue weighted by atomic mass is 32.1. The number of nitrogens with two attached hydrogens (primary N) is 2. The number of nitrogens with zero attached hydrogens (tertiary/aromatic N) is 15. The molecule has 2 unspecified atom stereocenters. The average molecular weight is 1760 g/mol. The molecule has 6 aliphatic heterocycles. The molecule has 680 valence electrons. The number of amides is 3. The number of carbonyl (C=O) groups is 6. The maximum absolute atomic E-state index is 14.6. The molecule has 0 radical (unpaired) electrons. The van der Waals surface area contributed by atoms with Crippen LogP contribution in [0.1, 0.15) is 177 Å². The minimum atomic E-state index is -1.04. The summed E-state index contributed by atoms with van der Waals surface area (Å²) in [4.78, 5) is 127. The Morgan fingerprint density at radius 3 is 2.24 bits per heavy atom. The van der Waals surface area contributed by atoms with Gasteiger partial charge in [-0.25, -0.2) is 39.4 Å². The van der Waals surface area contributed by atoms with Gasteiger partial charge in [0.15, 0.2) is 11.2 Å². The normalized spacial score (nSPS) is 27.1. The number of methoxy groups -OCH3 is 1. The standard InChI is InChI=1S/C94H124N18O14S/c1-58-13-9-8-10-14-59(2)80(121-7)48-73-23-16-60(3)85(123-73)84(117)89(119)111-30-12-11-15-75(111)90(120)124-72(47-76(113)62(5)44-63(6)78(115)49-77(114)61(4)43-58)26-20-64-18-24-71(25-19-64)125-94(127)101-52-66-50-97-92(98-51-66)109-38-36-107(37-39-109)81(116)29-41-122-42-40-106-32-34-108(35-33-106)93-99-53-70(54-100-93)88(118)110-31-28-67-45-65(17-21-69(67)56-110)55-112-87-82(86(95)102-57-103-87)83(105-112)68-22-27-79-74(46-68)104-91(96)126-79/h8-10,13-14,17,21-22,27,44-46,50-51,53-54,57-58,60-62,64,71-73,75-76,78,80,85,113,115H,11-12,15-16,18-20,23-26,28-43,47-49,52,55-56H2,1-7H3,(H2,96,104)(H,101,127)(H2,95,102,103)/b10-8+,13-9+,59-14+,63-44+/t58-,60-,61-,62-,64-,71-,72-,73?,75+,76-,78+,80+,85?/m1/s1. The second-order valence-electron chi connectivity index (χ2n) is 35.7. The number of rotatable bonds is 19. The van der Waals surface area contributed by atoms with Crippen LogP contribution >= 0.6 is 12.2 Å². The number of piperazine rings is 2. The third-order valence-corrected chi connectivity index (χ3v) is 26.6. The molecule has 2 aromatic carbocycles. The minimum Gasteiger partial charge on any atom is -0.468 e. The average Bonchev–Trinajstić information content (AvgIpc) is 1.62. The van der Waals surface area contributed by atoms with Gasteiger partial charge < -0.3 is 79.6 Å². The fraction of sp³-hybridized carbons (Fsp3) is 0.564. The largest absolute Gasteiger partial charge is 0.468 e. The zero-order chi connectivity index (χ0) is 89.4. The van der Waals surface area contributed by atoms with E-state index < -0.39 is 54.0 Å². The molecule has 1 saturated carbocycles. The van der Waals surface area contributed by atoms with Crippen LogP contribution < -0.4 is 26.6 Å². The molecule has 14 rings (SSSR count). The Bertz CT molecular complexity index is 5110. The van der Waals surface area contributed by atoms with Gasteiger partial charge in [0.2, 0.25) is 23.6 Å². The number of piperidine rings is 1. The maximum Gasteiger partial charge on any atom is 0.329 e. The molecule has 32 nitrogen and oxygen atoms in total. The molecule has 2 bridgehead atoms. The number of ether oxygens (including phenoxy) is 5. The van der Waals surface area contributed by atoms with E-state index in [1.165, 1.54) is 16.8 Å². The fourth-order valence-electron chi connectivity index (χ4n) is 18.6. The van der Waals surface area contributed by atoms with Crippen LogP contribution in [0.25, 0.3) is 33.4 Å². The number of aromatic nitrogens is 9. The Balaban J connectivity index is 0.477. The summed E-state index contributed by atoms with van der Waals surface area (Å²) in [6.45, 7) is 20.4. The van der Waals surface area contributed by atoms with Crippen molar-refractivity contribution in [3.05, 3.63) is 143 Å². The third kappa shape index (κ3) is 24.1. The molecule has 11 heterocycles. The molecule has 7 N–H and O–H groups in total. The predicted molar refractivity (Wildman–Crippen MR) is 484 cm³/mol. The summed E-state index contributed by atoms with van der Waals surface area (Å²) in [5.74, 6) is -1.27. The minimum absolute atomic E-state index is 0.0469. The summed E-state index contributed by atoms with van der Waals surface area (Å²) < 4.78 is 38.4. The zero-order valence-corrected chi connectivity index (χ0v) is 75.0. The molecular weight excluding hydrogens is 1640 g/mol. The number of nitrogens with one attached hydrogen (secondary N) is 1. The SMILES string of the molecule is CO[C@H]1CC2CC[C@@H](C)C(O2)C(=O)C(=O)N2CCCC[C@H]2C(=O)O[C@H](CC[C@H]2CC[C@H](OC(=S)NCc3cnc(N4CCN(C(=O)CCOCCN5CCN(c6ncc(C(=O)N7CCc8cc(Cn9nc(-c%10ccc%11oc(N)nc%11c%10)c%10c(N)ncnc%109)ccc8C7)cn6)CC5)CC4)nc3)CC2)C[C@@H](O)[C@H](C)/C=C(\C)[C@@H](O)CC(=O)[C@H](C)C[C@H](C)/C=C/C=C/C=C/1C. The number of nitrogen functional groups attached to an aromatic ring is 2. The van der Waals surface area contributed by atoms with Crippen LogP contribution in [0.5, 0.6) is 0 Å². The van der Waals surface area contributed by atoms with Crippen molar-refractivity contribution in [1.82, 2.24) is 69.6 Å². The van der Waals surface area contributed by atoms with E-state index in [9.17, 15) is 39.0 Å². The topological polar surface area (TPSA) is 394 Å². The fourth-order valence-corrected chi connectivity index (χ4v) is 18.8. The van der Waals surface area contributed by atoms with Crippen molar-refractivity contribution >= 4 is 98.5 Å². The monoisotopic (exact) mass is 1760 g/mol. The lowest BCUT2D eigenvalue weighted by Crippen LogP contribution is -2.55. The van der Waals surface area contributed by atoms with Gasteiger partial charge in [-0.3, -0.25) is 28.9 Å². The second-order valence-corrected chi connectivity index (χ2v) is 36.0. The van der Waals surface area contributed by atoms with Crippen LogP contribution in [0.4, 0.5) is 23.7 Å². The lowest BCUT2D eigenvalue weighted by atomic mass is 9.83. The highest BCUT2D eigenvalue weighted by Gasteiger charge is 2.44. The van der Waals surface area contributed by atoms with Gasteiger partial charge in [0.1, 0.15) is 53.5 Å². The second kappa shape index (κ2) is 43.5. The first-order valence-electron chi connectivity index (χ1n) is 45.4. The number of esters is 1. The van der Waals surface area contributed by atoms with E-state index in [0.717, 1.165) is 86.2 Å². The summed E-state index contributed by atoms with van der Waals surface area (Å²) >= 11 is 5.70. The smallest absolute Gasteiger partial charge is 0.329 e. The van der Waals surface area contributed by atoms with E-state index in [1.54, 1.807) is 51.0 Å². The molecule has 33 heteroatoms. The third-order valence-electron chi connectivity index (χ3n) is 26.4. The van der Waals surface area contributed by atoms with Gasteiger partial charge in [0.05, 0.1) is 61.5 Å².